The summed E-state index contributed by atoms with van der Waals surface area (Å²) in [6, 6.07) is 34.1. The first-order chi connectivity index (χ1) is 13.2. The second kappa shape index (κ2) is 8.47. The standard InChI is InChI=1S/C24H16Br2S/c25-19-9-5-7-17(15-19)21-11-1-3-13-23(21)27-24-14-4-2-12-22(24)18-8-6-10-20(26)16-18/h1-16H. The van der Waals surface area contributed by atoms with Crippen LogP contribution in [0.4, 0.5) is 0 Å². The maximum Gasteiger partial charge on any atom is 0.0201 e. The molecule has 27 heavy (non-hydrogen) atoms. The van der Waals surface area contributed by atoms with Gasteiger partial charge in [-0.2, -0.15) is 0 Å². The van der Waals surface area contributed by atoms with Gasteiger partial charge in [-0.05, 0) is 58.7 Å². The van der Waals surface area contributed by atoms with Gasteiger partial charge < -0.3 is 0 Å². The molecule has 0 amide bonds. The number of hydrogen-bond acceptors (Lipinski definition) is 1. The van der Waals surface area contributed by atoms with Crippen LogP contribution in [-0.4, -0.2) is 0 Å². The lowest BCUT2D eigenvalue weighted by atomic mass is 10.1. The Bertz CT molecular complexity index is 1000. The molecule has 132 valence electrons. The molecule has 4 rings (SSSR count). The average Bonchev–Trinajstić information content (AvgIpc) is 2.69. The second-order valence-electron chi connectivity index (χ2n) is 6.12. The van der Waals surface area contributed by atoms with Crippen molar-refractivity contribution in [2.75, 3.05) is 0 Å². The molecular formula is C24H16Br2S. The van der Waals surface area contributed by atoms with E-state index >= 15 is 0 Å². The molecule has 0 aliphatic carbocycles. The van der Waals surface area contributed by atoms with Crippen molar-refractivity contribution in [3.8, 4) is 22.3 Å². The number of halogens is 2. The third-order valence-corrected chi connectivity index (χ3v) is 6.40. The van der Waals surface area contributed by atoms with Crippen LogP contribution in [0.25, 0.3) is 22.3 Å². The van der Waals surface area contributed by atoms with Crippen molar-refractivity contribution in [3.63, 3.8) is 0 Å². The van der Waals surface area contributed by atoms with E-state index < -0.39 is 0 Å². The van der Waals surface area contributed by atoms with E-state index in [0.717, 1.165) is 8.95 Å². The van der Waals surface area contributed by atoms with Crippen LogP contribution in [0, 0.1) is 0 Å². The van der Waals surface area contributed by atoms with Gasteiger partial charge in [-0.3, -0.25) is 0 Å². The van der Waals surface area contributed by atoms with Crippen molar-refractivity contribution in [1.82, 2.24) is 0 Å². The lowest BCUT2D eigenvalue weighted by molar-refractivity contribution is 1.39. The predicted molar refractivity (Wildman–Crippen MR) is 123 cm³/mol. The van der Waals surface area contributed by atoms with Crippen molar-refractivity contribution >= 4 is 43.6 Å². The Morgan fingerprint density at radius 1 is 0.481 bits per heavy atom. The van der Waals surface area contributed by atoms with Crippen LogP contribution in [-0.2, 0) is 0 Å². The SMILES string of the molecule is Brc1cccc(-c2ccccc2Sc2ccccc2-c2cccc(Br)c2)c1. The van der Waals surface area contributed by atoms with Gasteiger partial charge in [0.2, 0.25) is 0 Å². The fourth-order valence-electron chi connectivity index (χ4n) is 3.02. The molecule has 0 saturated heterocycles. The van der Waals surface area contributed by atoms with Crippen LogP contribution in [0.15, 0.2) is 116 Å². The number of benzene rings is 4. The summed E-state index contributed by atoms with van der Waals surface area (Å²) >= 11 is 8.99. The molecule has 0 unspecified atom stereocenters. The van der Waals surface area contributed by atoms with Gasteiger partial charge in [-0.1, -0.05) is 104 Å². The molecule has 0 N–H and O–H groups in total. The number of rotatable bonds is 4. The molecule has 0 bridgehead atoms. The van der Waals surface area contributed by atoms with Gasteiger partial charge in [-0.25, -0.2) is 0 Å². The Morgan fingerprint density at radius 2 is 0.926 bits per heavy atom. The first kappa shape index (κ1) is 18.5. The smallest absolute Gasteiger partial charge is 0.0201 e. The third kappa shape index (κ3) is 4.37. The van der Waals surface area contributed by atoms with Gasteiger partial charge in [0.15, 0.2) is 0 Å². The minimum atomic E-state index is 1.09. The molecule has 0 radical (unpaired) electrons. The Kier molecular flexibility index (Phi) is 5.82. The summed E-state index contributed by atoms with van der Waals surface area (Å²) < 4.78 is 2.18. The van der Waals surface area contributed by atoms with Gasteiger partial charge in [0.1, 0.15) is 0 Å². The van der Waals surface area contributed by atoms with Crippen LogP contribution in [0.5, 0.6) is 0 Å². The summed E-state index contributed by atoms with van der Waals surface area (Å²) in [6.45, 7) is 0. The molecular weight excluding hydrogens is 480 g/mol. The molecule has 0 fully saturated rings. The van der Waals surface area contributed by atoms with Gasteiger partial charge in [0.05, 0.1) is 0 Å². The van der Waals surface area contributed by atoms with Crippen molar-refractivity contribution in [2.45, 2.75) is 9.79 Å². The maximum atomic E-state index is 3.59. The van der Waals surface area contributed by atoms with Gasteiger partial charge >= 0.3 is 0 Å². The van der Waals surface area contributed by atoms with Crippen LogP contribution < -0.4 is 0 Å². The average molecular weight is 496 g/mol. The van der Waals surface area contributed by atoms with Crippen molar-refractivity contribution < 1.29 is 0 Å². The van der Waals surface area contributed by atoms with Crippen LogP contribution in [0.3, 0.4) is 0 Å². The Balaban J connectivity index is 1.77. The molecule has 0 atom stereocenters. The molecule has 0 aromatic heterocycles. The van der Waals surface area contributed by atoms with Gasteiger partial charge in [0.25, 0.3) is 0 Å². The van der Waals surface area contributed by atoms with E-state index in [0.29, 0.717) is 0 Å². The van der Waals surface area contributed by atoms with E-state index in [1.54, 1.807) is 0 Å². The Labute approximate surface area is 180 Å². The van der Waals surface area contributed by atoms with Gasteiger partial charge in [0, 0.05) is 18.7 Å². The summed E-state index contributed by atoms with van der Waals surface area (Å²) in [5, 5.41) is 0. The monoisotopic (exact) mass is 494 g/mol. The third-order valence-electron chi connectivity index (χ3n) is 4.27. The highest BCUT2D eigenvalue weighted by molar-refractivity contribution is 9.10. The molecule has 0 saturated carbocycles. The highest BCUT2D eigenvalue weighted by atomic mass is 79.9. The van der Waals surface area contributed by atoms with Crippen molar-refractivity contribution in [2.24, 2.45) is 0 Å². The zero-order valence-electron chi connectivity index (χ0n) is 14.4. The summed E-state index contributed by atoms with van der Waals surface area (Å²) in [5.74, 6) is 0. The van der Waals surface area contributed by atoms with E-state index in [4.69, 9.17) is 0 Å². The summed E-state index contributed by atoms with van der Waals surface area (Å²) in [6.07, 6.45) is 0. The lowest BCUT2D eigenvalue weighted by Gasteiger charge is -2.13. The molecule has 0 nitrogen and oxygen atoms in total. The summed E-state index contributed by atoms with van der Waals surface area (Å²) in [4.78, 5) is 2.50. The normalized spacial score (nSPS) is 10.7. The molecule has 0 heterocycles. The highest BCUT2D eigenvalue weighted by Crippen LogP contribution is 2.41. The van der Waals surface area contributed by atoms with E-state index in [9.17, 15) is 0 Å². The van der Waals surface area contributed by atoms with Crippen LogP contribution >= 0.6 is 43.6 Å². The Hall–Kier alpha value is -1.81. The van der Waals surface area contributed by atoms with E-state index in [2.05, 4.69) is 129 Å². The quantitative estimate of drug-likeness (QED) is 0.272. The highest BCUT2D eigenvalue weighted by Gasteiger charge is 2.11. The minimum absolute atomic E-state index is 1.09. The second-order valence-corrected chi connectivity index (χ2v) is 9.03. The predicted octanol–water partition coefficient (Wildman–Crippen LogP) is 8.70. The van der Waals surface area contributed by atoms with Crippen molar-refractivity contribution in [1.29, 1.82) is 0 Å². The lowest BCUT2D eigenvalue weighted by Crippen LogP contribution is -1.86. The van der Waals surface area contributed by atoms with Crippen molar-refractivity contribution in [3.05, 3.63) is 106 Å². The topological polar surface area (TPSA) is 0 Å². The number of hydrogen-bond donors (Lipinski definition) is 0. The fraction of sp³-hybridized carbons (Fsp3) is 0. The fourth-order valence-corrected chi connectivity index (χ4v) is 4.94. The van der Waals surface area contributed by atoms with E-state index in [-0.39, 0.29) is 0 Å². The minimum Gasteiger partial charge on any atom is -0.0888 e. The molecule has 0 aliphatic heterocycles. The molecule has 0 spiro atoms. The van der Waals surface area contributed by atoms with E-state index in [1.807, 2.05) is 11.8 Å². The first-order valence-corrected chi connectivity index (χ1v) is 11.0. The molecule has 4 aromatic rings. The molecule has 0 aliphatic rings. The van der Waals surface area contributed by atoms with Crippen LogP contribution in [0.1, 0.15) is 0 Å². The van der Waals surface area contributed by atoms with Gasteiger partial charge in [-0.15, -0.1) is 0 Å². The molecule has 4 aromatic carbocycles. The van der Waals surface area contributed by atoms with Crippen LogP contribution in [0.2, 0.25) is 0 Å². The summed E-state index contributed by atoms with van der Waals surface area (Å²) in [7, 11) is 0. The molecule has 3 heteroatoms. The largest absolute Gasteiger partial charge is 0.0888 e. The Morgan fingerprint density at radius 3 is 1.37 bits per heavy atom. The first-order valence-electron chi connectivity index (χ1n) is 8.58. The zero-order valence-corrected chi connectivity index (χ0v) is 18.4. The summed E-state index contributed by atoms with van der Waals surface area (Å²) in [5.41, 5.74) is 4.92. The zero-order chi connectivity index (χ0) is 18.6. The van der Waals surface area contributed by atoms with E-state index in [1.165, 1.54) is 32.0 Å². The maximum absolute atomic E-state index is 3.59.